The Hall–Kier alpha value is -1.33. The van der Waals surface area contributed by atoms with Gasteiger partial charge in [0.15, 0.2) is 0 Å². The van der Waals surface area contributed by atoms with Crippen molar-refractivity contribution in [2.45, 2.75) is 13.2 Å². The summed E-state index contributed by atoms with van der Waals surface area (Å²) in [6.07, 6.45) is -2.85. The maximum Gasteiger partial charge on any atom is 0.488 e. The molecule has 0 bridgehead atoms. The average Bonchev–Trinajstić information content (AvgIpc) is 2.35. The molecule has 0 atom stereocenters. The highest BCUT2D eigenvalue weighted by Crippen LogP contribution is 2.06. The number of hydrogen-bond acceptors (Lipinski definition) is 4. The van der Waals surface area contributed by atoms with Crippen molar-refractivity contribution in [1.29, 1.82) is 0 Å². The van der Waals surface area contributed by atoms with Gasteiger partial charge < -0.3 is 14.8 Å². The van der Waals surface area contributed by atoms with Gasteiger partial charge in [0.25, 0.3) is 0 Å². The molecule has 80 valence electrons. The van der Waals surface area contributed by atoms with E-state index in [2.05, 4.69) is 4.74 Å². The number of esters is 1. The van der Waals surface area contributed by atoms with Crippen LogP contribution in [0.25, 0.3) is 0 Å². The maximum absolute atomic E-state index is 11.4. The van der Waals surface area contributed by atoms with Gasteiger partial charge in [-0.25, -0.2) is 4.79 Å². The lowest BCUT2D eigenvalue weighted by molar-refractivity contribution is 0.0600. The Balaban J connectivity index is 3.52. The maximum atomic E-state index is 11.4. The predicted octanol–water partition coefficient (Wildman–Crippen LogP) is -0.285. The number of benzene rings is 1. The molecule has 5 heteroatoms. The van der Waals surface area contributed by atoms with Crippen LogP contribution >= 0.6 is 0 Å². The monoisotopic (exact) mass is 213 g/mol. The van der Waals surface area contributed by atoms with Crippen LogP contribution in [0.5, 0.6) is 0 Å². The second-order valence-corrected chi connectivity index (χ2v) is 2.79. The van der Waals surface area contributed by atoms with E-state index in [0.29, 0.717) is 0 Å². The second kappa shape index (κ2) is 4.95. The summed E-state index contributed by atoms with van der Waals surface area (Å²) >= 11 is 0. The van der Waals surface area contributed by atoms with E-state index in [0.717, 1.165) is 19.2 Å². The van der Waals surface area contributed by atoms with E-state index in [9.17, 15) is 14.8 Å². The van der Waals surface area contributed by atoms with Gasteiger partial charge in [0.1, 0.15) is 0 Å². The first kappa shape index (κ1) is 6.30. The molecule has 1 rings (SSSR count). The second-order valence-electron chi connectivity index (χ2n) is 2.79. The number of methoxy groups -OCH3 is 1. The van der Waals surface area contributed by atoms with Gasteiger partial charge in [0.2, 0.25) is 0 Å². The van der Waals surface area contributed by atoms with Gasteiger partial charge in [-0.1, -0.05) is 12.9 Å². The normalized spacial score (nSPS) is 16.6. The summed E-state index contributed by atoms with van der Waals surface area (Å²) in [5.41, 5.74) is -0.894. The Kier molecular flexibility index (Phi) is 2.08. The molecule has 2 N–H and O–H groups in total. The Morgan fingerprint density at radius 1 is 1.67 bits per heavy atom. The fourth-order valence-electron chi connectivity index (χ4n) is 1.13. The van der Waals surface area contributed by atoms with E-state index in [4.69, 9.17) is 6.85 Å². The molecule has 0 saturated carbocycles. The number of rotatable bonds is 3. The van der Waals surface area contributed by atoms with Crippen molar-refractivity contribution in [3.63, 3.8) is 0 Å². The number of carbonyl (C=O) groups excluding carboxylic acids is 1. The third kappa shape index (κ3) is 2.58. The molecule has 1 aromatic carbocycles. The summed E-state index contributed by atoms with van der Waals surface area (Å²) in [4.78, 5) is 11.4. The van der Waals surface area contributed by atoms with Crippen molar-refractivity contribution >= 4 is 18.6 Å². The minimum absolute atomic E-state index is 0.0833. The highest BCUT2D eigenvalue weighted by atomic mass is 16.5. The molecule has 0 aromatic heterocycles. The first-order chi connectivity index (χ1) is 9.02. The van der Waals surface area contributed by atoms with E-state index >= 15 is 0 Å². The number of ether oxygens (including phenoxy) is 1. The minimum atomic E-state index is -3.04. The van der Waals surface area contributed by atoms with Crippen LogP contribution in [0.4, 0.5) is 0 Å². The average molecular weight is 213 g/mol. The summed E-state index contributed by atoms with van der Waals surface area (Å²) in [5, 5.41) is 18.4. The fraction of sp³-hybridized carbons (Fsp3) is 0.300. The zero-order valence-electron chi connectivity index (χ0n) is 13.0. The molecule has 0 amide bonds. The van der Waals surface area contributed by atoms with Crippen LogP contribution in [-0.4, -0.2) is 30.2 Å². The number of carbonyl (C=O) groups is 1. The molecule has 0 aliphatic carbocycles. The van der Waals surface area contributed by atoms with Crippen molar-refractivity contribution < 1.29 is 26.4 Å². The molecule has 1 aromatic rings. The molecule has 15 heavy (non-hydrogen) atoms. The molecular weight excluding hydrogens is 195 g/mol. The largest absolute Gasteiger partial charge is 0.488 e. The lowest BCUT2D eigenvalue weighted by Crippen LogP contribution is -2.33. The molecule has 0 radical (unpaired) electrons. The van der Waals surface area contributed by atoms with Gasteiger partial charge in [-0.3, -0.25) is 0 Å². The summed E-state index contributed by atoms with van der Waals surface area (Å²) in [6.45, 7) is -3.04. The fourth-order valence-corrected chi connectivity index (χ4v) is 1.13. The zero-order valence-corrected chi connectivity index (χ0v) is 8.02. The molecular formula is C10H13BO4. The quantitative estimate of drug-likeness (QED) is 0.535. The third-order valence-corrected chi connectivity index (χ3v) is 1.89. The van der Waals surface area contributed by atoms with Gasteiger partial charge in [0.05, 0.1) is 12.7 Å². The van der Waals surface area contributed by atoms with Crippen molar-refractivity contribution in [2.75, 3.05) is 7.11 Å². The van der Waals surface area contributed by atoms with E-state index in [-0.39, 0.29) is 11.0 Å². The first-order valence-corrected chi connectivity index (χ1v) is 4.11. The SMILES string of the molecule is [2H]C([2H])([2H])C([2H])([2H])c1cc(C(=O)OC)ccc1B(O)O. The lowest BCUT2D eigenvalue weighted by atomic mass is 9.76. The van der Waals surface area contributed by atoms with Crippen LogP contribution < -0.4 is 5.46 Å². The smallest absolute Gasteiger partial charge is 0.465 e. The lowest BCUT2D eigenvalue weighted by Gasteiger charge is -2.08. The molecule has 0 aliphatic rings. The van der Waals surface area contributed by atoms with Gasteiger partial charge in [0, 0.05) is 6.85 Å². The topological polar surface area (TPSA) is 66.8 Å². The van der Waals surface area contributed by atoms with Crippen molar-refractivity contribution in [3.8, 4) is 0 Å². The summed E-state index contributed by atoms with van der Waals surface area (Å²) in [6, 6.07) is 3.22. The zero-order chi connectivity index (χ0) is 15.7. The molecule has 0 spiro atoms. The molecule has 0 aliphatic heterocycles. The van der Waals surface area contributed by atoms with Gasteiger partial charge in [-0.15, -0.1) is 0 Å². The highest BCUT2D eigenvalue weighted by molar-refractivity contribution is 6.59. The van der Waals surface area contributed by atoms with Crippen molar-refractivity contribution in [2.24, 2.45) is 0 Å². The van der Waals surface area contributed by atoms with Crippen LogP contribution in [0.15, 0.2) is 18.2 Å². The van der Waals surface area contributed by atoms with Crippen LogP contribution in [0, 0.1) is 0 Å². The molecule has 0 fully saturated rings. The van der Waals surface area contributed by atoms with Gasteiger partial charge in [-0.2, -0.15) is 0 Å². The van der Waals surface area contributed by atoms with E-state index in [1.807, 2.05) is 0 Å². The van der Waals surface area contributed by atoms with E-state index in [1.54, 1.807) is 0 Å². The summed E-state index contributed by atoms with van der Waals surface area (Å²) in [7, 11) is -0.941. The first-order valence-electron chi connectivity index (χ1n) is 6.61. The Labute approximate surface area is 95.7 Å². The molecule has 4 nitrogen and oxygen atoms in total. The molecule has 0 heterocycles. The molecule has 0 unspecified atom stereocenters. The van der Waals surface area contributed by atoms with Crippen LogP contribution in [0.1, 0.15) is 29.6 Å². The number of aryl methyl sites for hydroxylation is 1. The van der Waals surface area contributed by atoms with Crippen LogP contribution in [0.3, 0.4) is 0 Å². The summed E-state index contributed by atoms with van der Waals surface area (Å²) < 4.78 is 41.5. The van der Waals surface area contributed by atoms with Crippen molar-refractivity contribution in [1.82, 2.24) is 0 Å². The van der Waals surface area contributed by atoms with Crippen LogP contribution in [-0.2, 0) is 11.1 Å². The minimum Gasteiger partial charge on any atom is -0.465 e. The Bertz CT molecular complexity index is 515. The van der Waals surface area contributed by atoms with Crippen LogP contribution in [0.2, 0.25) is 0 Å². The highest BCUT2D eigenvalue weighted by Gasteiger charge is 2.16. The van der Waals surface area contributed by atoms with E-state index in [1.165, 1.54) is 6.07 Å². The Morgan fingerprint density at radius 3 is 2.93 bits per heavy atom. The molecule has 0 saturated heterocycles. The van der Waals surface area contributed by atoms with E-state index < -0.39 is 31.9 Å². The standard InChI is InChI=1S/C10H13BO4/c1-3-7-6-8(10(12)15-2)4-5-9(7)11(13)14/h4-6,13-14H,3H2,1-2H3/i1D3,3D2. The predicted molar refractivity (Wildman–Crippen MR) is 57.0 cm³/mol. The van der Waals surface area contributed by atoms with Crippen molar-refractivity contribution in [3.05, 3.63) is 29.3 Å². The Morgan fingerprint density at radius 2 is 2.40 bits per heavy atom. The number of hydrogen-bond donors (Lipinski definition) is 2. The third-order valence-electron chi connectivity index (χ3n) is 1.89. The van der Waals surface area contributed by atoms with Gasteiger partial charge in [-0.05, 0) is 29.5 Å². The van der Waals surface area contributed by atoms with Gasteiger partial charge >= 0.3 is 13.1 Å². The summed E-state index contributed by atoms with van der Waals surface area (Å²) in [5.74, 6) is -0.786.